The van der Waals surface area contributed by atoms with Gasteiger partial charge in [0, 0.05) is 19.0 Å². The van der Waals surface area contributed by atoms with E-state index in [2.05, 4.69) is 39.1 Å². The van der Waals surface area contributed by atoms with Gasteiger partial charge in [0.05, 0.1) is 0 Å². The molecule has 1 aromatic carbocycles. The van der Waals surface area contributed by atoms with E-state index in [1.54, 1.807) is 0 Å². The summed E-state index contributed by atoms with van der Waals surface area (Å²) in [7, 11) is 0. The maximum Gasteiger partial charge on any atom is 0.224 e. The highest BCUT2D eigenvalue weighted by molar-refractivity contribution is 5.78. The van der Waals surface area contributed by atoms with Crippen LogP contribution in [0.15, 0.2) is 6.07 Å². The van der Waals surface area contributed by atoms with Crippen molar-refractivity contribution in [3.05, 3.63) is 33.9 Å². The minimum Gasteiger partial charge on any atom is -0.355 e. The fourth-order valence-corrected chi connectivity index (χ4v) is 2.27. The van der Waals surface area contributed by atoms with Crippen molar-refractivity contribution >= 4 is 5.91 Å². The van der Waals surface area contributed by atoms with E-state index in [4.69, 9.17) is 5.73 Å². The number of carbonyl (C=O) groups is 1. The number of amides is 1. The number of nitrogens with two attached hydrogens (primary N) is 1. The molecule has 0 fully saturated rings. The Hall–Kier alpha value is -1.35. The molecule has 1 amide bonds. The summed E-state index contributed by atoms with van der Waals surface area (Å²) >= 11 is 0. The Balaban J connectivity index is 2.71. The van der Waals surface area contributed by atoms with Crippen molar-refractivity contribution in [1.29, 1.82) is 0 Å². The van der Waals surface area contributed by atoms with Crippen molar-refractivity contribution in [1.82, 2.24) is 5.32 Å². The average molecular weight is 262 g/mol. The average Bonchev–Trinajstić information content (AvgIpc) is 2.39. The SMILES string of the molecule is Cc1cc(C)c(C)c(CCNC(=O)C(C)CN)c1C. The monoisotopic (exact) mass is 262 g/mol. The number of benzene rings is 1. The van der Waals surface area contributed by atoms with Gasteiger partial charge < -0.3 is 11.1 Å². The standard InChI is InChI=1S/C16H26N2O/c1-10-8-11(2)14(5)15(13(10)4)6-7-18-16(19)12(3)9-17/h8,12H,6-7,9,17H2,1-5H3,(H,18,19). The van der Waals surface area contributed by atoms with Crippen molar-refractivity contribution in [3.8, 4) is 0 Å². The summed E-state index contributed by atoms with van der Waals surface area (Å²) in [5.74, 6) is -0.0661. The molecule has 1 rings (SSSR count). The molecule has 19 heavy (non-hydrogen) atoms. The second-order valence-corrected chi connectivity index (χ2v) is 5.42. The van der Waals surface area contributed by atoms with Crippen LogP contribution >= 0.6 is 0 Å². The predicted molar refractivity (Wildman–Crippen MR) is 80.3 cm³/mol. The molecule has 0 spiro atoms. The quantitative estimate of drug-likeness (QED) is 0.854. The van der Waals surface area contributed by atoms with E-state index in [-0.39, 0.29) is 11.8 Å². The molecule has 0 aliphatic carbocycles. The summed E-state index contributed by atoms with van der Waals surface area (Å²) in [6, 6.07) is 2.23. The molecule has 1 unspecified atom stereocenters. The Labute approximate surface area is 116 Å². The van der Waals surface area contributed by atoms with Crippen LogP contribution in [0.1, 0.15) is 34.7 Å². The zero-order valence-electron chi connectivity index (χ0n) is 12.8. The third-order valence-corrected chi connectivity index (χ3v) is 4.00. The fourth-order valence-electron chi connectivity index (χ4n) is 2.27. The van der Waals surface area contributed by atoms with Gasteiger partial charge in [0.15, 0.2) is 0 Å². The van der Waals surface area contributed by atoms with Gasteiger partial charge in [-0.3, -0.25) is 4.79 Å². The van der Waals surface area contributed by atoms with Crippen LogP contribution in [-0.4, -0.2) is 19.0 Å². The van der Waals surface area contributed by atoms with Crippen LogP contribution in [0.5, 0.6) is 0 Å². The second kappa shape index (κ2) is 6.71. The summed E-state index contributed by atoms with van der Waals surface area (Å²) in [5, 5.41) is 2.96. The molecular weight excluding hydrogens is 236 g/mol. The summed E-state index contributed by atoms with van der Waals surface area (Å²) in [4.78, 5) is 11.7. The molecule has 0 aromatic heterocycles. The van der Waals surface area contributed by atoms with E-state index < -0.39 is 0 Å². The van der Waals surface area contributed by atoms with Crippen molar-refractivity contribution in [3.63, 3.8) is 0 Å². The minimum atomic E-state index is -0.110. The van der Waals surface area contributed by atoms with Gasteiger partial charge in [-0.2, -0.15) is 0 Å². The maximum absolute atomic E-state index is 11.7. The van der Waals surface area contributed by atoms with Gasteiger partial charge in [0.1, 0.15) is 0 Å². The van der Waals surface area contributed by atoms with Crippen LogP contribution in [0.3, 0.4) is 0 Å². The van der Waals surface area contributed by atoms with E-state index in [1.807, 2.05) is 6.92 Å². The lowest BCUT2D eigenvalue weighted by atomic mass is 9.92. The first-order chi connectivity index (χ1) is 8.88. The van der Waals surface area contributed by atoms with E-state index in [0.717, 1.165) is 6.42 Å². The zero-order chi connectivity index (χ0) is 14.6. The smallest absolute Gasteiger partial charge is 0.224 e. The third kappa shape index (κ3) is 3.80. The number of hydrogen-bond donors (Lipinski definition) is 2. The van der Waals surface area contributed by atoms with Crippen LogP contribution in [0, 0.1) is 33.6 Å². The highest BCUT2D eigenvalue weighted by Gasteiger charge is 2.11. The first-order valence-corrected chi connectivity index (χ1v) is 6.92. The zero-order valence-corrected chi connectivity index (χ0v) is 12.8. The van der Waals surface area contributed by atoms with Crippen LogP contribution in [0.4, 0.5) is 0 Å². The lowest BCUT2D eigenvalue weighted by molar-refractivity contribution is -0.124. The molecule has 3 nitrogen and oxygen atoms in total. The molecule has 0 aliphatic rings. The molecule has 3 N–H and O–H groups in total. The number of rotatable bonds is 5. The van der Waals surface area contributed by atoms with Crippen molar-refractivity contribution in [2.45, 2.75) is 41.0 Å². The van der Waals surface area contributed by atoms with Gasteiger partial charge in [0.25, 0.3) is 0 Å². The first kappa shape index (κ1) is 15.7. The van der Waals surface area contributed by atoms with Gasteiger partial charge in [-0.05, 0) is 61.9 Å². The summed E-state index contributed by atoms with van der Waals surface area (Å²) in [5.41, 5.74) is 12.2. The lowest BCUT2D eigenvalue weighted by Crippen LogP contribution is -2.34. The topological polar surface area (TPSA) is 55.1 Å². The number of hydrogen-bond acceptors (Lipinski definition) is 2. The van der Waals surface area contributed by atoms with Gasteiger partial charge in [-0.15, -0.1) is 0 Å². The van der Waals surface area contributed by atoms with Gasteiger partial charge in [0.2, 0.25) is 5.91 Å². The molecule has 0 bridgehead atoms. The molecule has 0 radical (unpaired) electrons. The largest absolute Gasteiger partial charge is 0.355 e. The van der Waals surface area contributed by atoms with E-state index in [1.165, 1.54) is 27.8 Å². The van der Waals surface area contributed by atoms with Crippen LogP contribution < -0.4 is 11.1 Å². The third-order valence-electron chi connectivity index (χ3n) is 4.00. The van der Waals surface area contributed by atoms with Crippen LogP contribution in [-0.2, 0) is 11.2 Å². The molecular formula is C16H26N2O. The normalized spacial score (nSPS) is 12.3. The highest BCUT2D eigenvalue weighted by Crippen LogP contribution is 2.21. The van der Waals surface area contributed by atoms with Crippen LogP contribution in [0.2, 0.25) is 0 Å². The highest BCUT2D eigenvalue weighted by atomic mass is 16.1. The molecule has 0 saturated heterocycles. The van der Waals surface area contributed by atoms with Crippen LogP contribution in [0.25, 0.3) is 0 Å². The second-order valence-electron chi connectivity index (χ2n) is 5.42. The van der Waals surface area contributed by atoms with Crippen molar-refractivity contribution < 1.29 is 4.79 Å². The van der Waals surface area contributed by atoms with Crippen molar-refractivity contribution in [2.75, 3.05) is 13.1 Å². The van der Waals surface area contributed by atoms with E-state index in [9.17, 15) is 4.79 Å². The Morgan fingerprint density at radius 1 is 1.21 bits per heavy atom. The molecule has 3 heteroatoms. The summed E-state index contributed by atoms with van der Waals surface area (Å²) in [6.45, 7) is 11.5. The predicted octanol–water partition coefficient (Wildman–Crippen LogP) is 2.17. The number of nitrogens with one attached hydrogen (secondary N) is 1. The van der Waals surface area contributed by atoms with Crippen molar-refractivity contribution in [2.24, 2.45) is 11.7 Å². The Kier molecular flexibility index (Phi) is 5.55. The summed E-state index contributed by atoms with van der Waals surface area (Å²) < 4.78 is 0. The minimum absolute atomic E-state index is 0.0437. The number of carbonyl (C=O) groups excluding carboxylic acids is 1. The lowest BCUT2D eigenvalue weighted by Gasteiger charge is -2.16. The molecule has 1 aromatic rings. The van der Waals surface area contributed by atoms with Gasteiger partial charge in [-0.25, -0.2) is 0 Å². The molecule has 0 aliphatic heterocycles. The Morgan fingerprint density at radius 2 is 1.74 bits per heavy atom. The molecule has 1 atom stereocenters. The number of aryl methyl sites for hydroxylation is 2. The fraction of sp³-hybridized carbons (Fsp3) is 0.562. The Bertz CT molecular complexity index is 440. The maximum atomic E-state index is 11.7. The Morgan fingerprint density at radius 3 is 2.21 bits per heavy atom. The van der Waals surface area contributed by atoms with E-state index in [0.29, 0.717) is 13.1 Å². The van der Waals surface area contributed by atoms with E-state index >= 15 is 0 Å². The first-order valence-electron chi connectivity index (χ1n) is 6.92. The van der Waals surface area contributed by atoms with Gasteiger partial charge in [-0.1, -0.05) is 13.0 Å². The molecule has 106 valence electrons. The molecule has 0 heterocycles. The van der Waals surface area contributed by atoms with Gasteiger partial charge >= 0.3 is 0 Å². The summed E-state index contributed by atoms with van der Waals surface area (Å²) in [6.07, 6.45) is 0.878. The molecule has 0 saturated carbocycles.